The van der Waals surface area contributed by atoms with Crippen LogP contribution in [-0.2, 0) is 6.42 Å². The Morgan fingerprint density at radius 3 is 2.86 bits per heavy atom. The first kappa shape index (κ1) is 17.8. The number of H-pyrrole nitrogens is 1. The molecule has 150 valence electrons. The third kappa shape index (κ3) is 3.25. The molecule has 0 bridgehead atoms. The van der Waals surface area contributed by atoms with E-state index in [-0.39, 0.29) is 22.7 Å². The Hall–Kier alpha value is -3.27. The van der Waals surface area contributed by atoms with Crippen LogP contribution in [0.1, 0.15) is 31.2 Å². The summed E-state index contributed by atoms with van der Waals surface area (Å²) in [5.41, 5.74) is 9.24. The third-order valence-electron chi connectivity index (χ3n) is 5.80. The number of rotatable bonds is 4. The number of nitrogens with one attached hydrogen (secondary N) is 2. The van der Waals surface area contributed by atoms with Gasteiger partial charge >= 0.3 is 0 Å². The quantitative estimate of drug-likeness (QED) is 0.453. The van der Waals surface area contributed by atoms with Crippen LogP contribution < -0.4 is 16.0 Å². The van der Waals surface area contributed by atoms with Crippen molar-refractivity contribution in [2.24, 2.45) is 5.73 Å². The summed E-state index contributed by atoms with van der Waals surface area (Å²) >= 11 is 0. The number of hydrogen-bond acceptors (Lipinski definition) is 8. The highest BCUT2D eigenvalue weighted by molar-refractivity contribution is 5.88. The fourth-order valence-corrected chi connectivity index (χ4v) is 4.22. The summed E-state index contributed by atoms with van der Waals surface area (Å²) in [4.78, 5) is 29.7. The van der Waals surface area contributed by atoms with Gasteiger partial charge in [0.2, 0.25) is 5.95 Å². The molecule has 0 saturated heterocycles. The molecule has 0 amide bonds. The molecular weight excluding hydrogens is 372 g/mol. The van der Waals surface area contributed by atoms with E-state index in [0.29, 0.717) is 29.5 Å². The van der Waals surface area contributed by atoms with Crippen molar-refractivity contribution in [2.45, 2.75) is 44.2 Å². The SMILES string of the molecule is N[C@H]1CC[C@H](Nc2nc(N3CCc4ccc([N+](=O)[O-])cc43)c3nc[nH]c3n2)CC1. The van der Waals surface area contributed by atoms with Crippen molar-refractivity contribution in [1.29, 1.82) is 0 Å². The molecule has 4 N–H and O–H groups in total. The monoisotopic (exact) mass is 394 g/mol. The number of nitrogens with two attached hydrogens (primary N) is 1. The van der Waals surface area contributed by atoms with Crippen LogP contribution in [0, 0.1) is 10.1 Å². The average Bonchev–Trinajstić information content (AvgIpc) is 3.35. The number of benzene rings is 1. The van der Waals surface area contributed by atoms with Gasteiger partial charge in [0.15, 0.2) is 17.0 Å². The second-order valence-corrected chi connectivity index (χ2v) is 7.70. The number of anilines is 3. The molecule has 10 heteroatoms. The normalized spacial score (nSPS) is 21.3. The van der Waals surface area contributed by atoms with Gasteiger partial charge in [-0.1, -0.05) is 6.07 Å². The standard InChI is InChI=1S/C19H22N8O2/c20-12-2-4-13(5-3-12)23-19-24-17-16(21-10-22-17)18(25-19)26-8-7-11-1-6-14(27(28)29)9-15(11)26/h1,6,9-10,12-13H,2-5,7-8,20H2,(H2,21,22,23,24,25)/t12-,13-. The summed E-state index contributed by atoms with van der Waals surface area (Å²) in [6.07, 6.45) is 6.34. The van der Waals surface area contributed by atoms with Crippen molar-refractivity contribution >= 4 is 34.3 Å². The van der Waals surface area contributed by atoms with E-state index in [2.05, 4.69) is 20.3 Å². The van der Waals surface area contributed by atoms with Gasteiger partial charge in [-0.3, -0.25) is 10.1 Å². The lowest BCUT2D eigenvalue weighted by Gasteiger charge is -2.27. The van der Waals surface area contributed by atoms with Gasteiger partial charge in [0.1, 0.15) is 0 Å². The van der Waals surface area contributed by atoms with E-state index in [1.54, 1.807) is 18.5 Å². The molecule has 1 aliphatic heterocycles. The van der Waals surface area contributed by atoms with E-state index in [9.17, 15) is 10.1 Å². The van der Waals surface area contributed by atoms with Gasteiger partial charge in [0, 0.05) is 30.8 Å². The molecule has 29 heavy (non-hydrogen) atoms. The number of hydrogen-bond donors (Lipinski definition) is 3. The molecule has 3 heterocycles. The van der Waals surface area contributed by atoms with Crippen molar-refractivity contribution in [3.8, 4) is 0 Å². The molecule has 10 nitrogen and oxygen atoms in total. The van der Waals surface area contributed by atoms with Gasteiger partial charge < -0.3 is 20.9 Å². The van der Waals surface area contributed by atoms with Crippen molar-refractivity contribution in [3.05, 3.63) is 40.2 Å². The van der Waals surface area contributed by atoms with E-state index >= 15 is 0 Å². The zero-order valence-corrected chi connectivity index (χ0v) is 15.8. The first-order valence-corrected chi connectivity index (χ1v) is 9.86. The fourth-order valence-electron chi connectivity index (χ4n) is 4.22. The van der Waals surface area contributed by atoms with Crippen LogP contribution in [0.25, 0.3) is 11.2 Å². The number of nitro benzene ring substituents is 1. The van der Waals surface area contributed by atoms with Crippen molar-refractivity contribution < 1.29 is 4.92 Å². The molecule has 1 fully saturated rings. The molecule has 0 atom stereocenters. The Kier molecular flexibility index (Phi) is 4.27. The Bertz CT molecular complexity index is 1070. The number of aromatic nitrogens is 4. The number of aromatic amines is 1. The number of imidazole rings is 1. The highest BCUT2D eigenvalue weighted by Crippen LogP contribution is 2.38. The van der Waals surface area contributed by atoms with Crippen LogP contribution in [-0.4, -0.2) is 43.5 Å². The molecule has 0 spiro atoms. The zero-order valence-electron chi connectivity index (χ0n) is 15.8. The average molecular weight is 394 g/mol. The maximum absolute atomic E-state index is 11.2. The number of nitrogens with zero attached hydrogens (tertiary/aromatic N) is 5. The van der Waals surface area contributed by atoms with Crippen LogP contribution in [0.5, 0.6) is 0 Å². The van der Waals surface area contributed by atoms with E-state index in [1.165, 1.54) is 0 Å². The number of nitro groups is 1. The zero-order chi connectivity index (χ0) is 20.0. The van der Waals surface area contributed by atoms with Gasteiger partial charge in [-0.15, -0.1) is 0 Å². The fraction of sp³-hybridized carbons (Fsp3) is 0.421. The largest absolute Gasteiger partial charge is 0.351 e. The number of non-ortho nitro benzene ring substituents is 1. The molecule has 0 radical (unpaired) electrons. The molecule has 0 unspecified atom stereocenters. The summed E-state index contributed by atoms with van der Waals surface area (Å²) in [5.74, 6) is 1.20. The molecule has 2 aromatic heterocycles. The summed E-state index contributed by atoms with van der Waals surface area (Å²) in [5, 5.41) is 14.7. The molecule has 1 saturated carbocycles. The smallest absolute Gasteiger partial charge is 0.271 e. The second-order valence-electron chi connectivity index (χ2n) is 7.70. The minimum atomic E-state index is -0.373. The molecule has 3 aromatic rings. The molecular formula is C19H22N8O2. The Labute approximate surface area is 166 Å². The Balaban J connectivity index is 1.52. The van der Waals surface area contributed by atoms with Gasteiger partial charge in [-0.05, 0) is 37.7 Å². The minimum Gasteiger partial charge on any atom is -0.351 e. The lowest BCUT2D eigenvalue weighted by Crippen LogP contribution is -2.33. The van der Waals surface area contributed by atoms with Crippen molar-refractivity contribution in [1.82, 2.24) is 19.9 Å². The molecule has 2 aliphatic rings. The summed E-state index contributed by atoms with van der Waals surface area (Å²) < 4.78 is 0. The molecule has 5 rings (SSSR count). The van der Waals surface area contributed by atoms with E-state index in [0.717, 1.165) is 43.4 Å². The van der Waals surface area contributed by atoms with Crippen LogP contribution in [0.4, 0.5) is 23.1 Å². The predicted octanol–water partition coefficient (Wildman–Crippen LogP) is 2.64. The predicted molar refractivity (Wildman–Crippen MR) is 109 cm³/mol. The van der Waals surface area contributed by atoms with Crippen LogP contribution in [0.15, 0.2) is 24.5 Å². The highest BCUT2D eigenvalue weighted by atomic mass is 16.6. The third-order valence-corrected chi connectivity index (χ3v) is 5.80. The Morgan fingerprint density at radius 2 is 2.07 bits per heavy atom. The maximum Gasteiger partial charge on any atom is 0.271 e. The molecule has 1 aromatic carbocycles. The topological polar surface area (TPSA) is 139 Å². The van der Waals surface area contributed by atoms with Crippen LogP contribution in [0.3, 0.4) is 0 Å². The van der Waals surface area contributed by atoms with Gasteiger partial charge in [-0.2, -0.15) is 9.97 Å². The maximum atomic E-state index is 11.2. The lowest BCUT2D eigenvalue weighted by atomic mass is 9.92. The van der Waals surface area contributed by atoms with E-state index in [4.69, 9.17) is 10.7 Å². The lowest BCUT2D eigenvalue weighted by molar-refractivity contribution is -0.384. The van der Waals surface area contributed by atoms with Crippen molar-refractivity contribution in [3.63, 3.8) is 0 Å². The Morgan fingerprint density at radius 1 is 1.24 bits per heavy atom. The van der Waals surface area contributed by atoms with Gasteiger partial charge in [0.05, 0.1) is 16.9 Å². The van der Waals surface area contributed by atoms with Crippen molar-refractivity contribution in [2.75, 3.05) is 16.8 Å². The molecule has 1 aliphatic carbocycles. The summed E-state index contributed by atoms with van der Waals surface area (Å²) in [6.45, 7) is 0.688. The van der Waals surface area contributed by atoms with Gasteiger partial charge in [-0.25, -0.2) is 4.98 Å². The summed E-state index contributed by atoms with van der Waals surface area (Å²) in [6, 6.07) is 5.54. The highest BCUT2D eigenvalue weighted by Gasteiger charge is 2.27. The first-order chi connectivity index (χ1) is 14.1. The number of fused-ring (bicyclic) bond motifs is 2. The van der Waals surface area contributed by atoms with Crippen LogP contribution in [0.2, 0.25) is 0 Å². The second kappa shape index (κ2) is 6.96. The minimum absolute atomic E-state index is 0.0693. The van der Waals surface area contributed by atoms with E-state index in [1.807, 2.05) is 11.0 Å². The van der Waals surface area contributed by atoms with E-state index < -0.39 is 0 Å². The summed E-state index contributed by atoms with van der Waals surface area (Å²) in [7, 11) is 0. The van der Waals surface area contributed by atoms with Gasteiger partial charge in [0.25, 0.3) is 5.69 Å². The first-order valence-electron chi connectivity index (χ1n) is 9.86. The van der Waals surface area contributed by atoms with Crippen LogP contribution >= 0.6 is 0 Å².